The van der Waals surface area contributed by atoms with Crippen LogP contribution in [0.4, 0.5) is 0 Å². The summed E-state index contributed by atoms with van der Waals surface area (Å²) in [5.74, 6) is -1.37. The lowest BCUT2D eigenvalue weighted by Gasteiger charge is -2.18. The van der Waals surface area contributed by atoms with Gasteiger partial charge in [-0.05, 0) is 18.4 Å². The lowest BCUT2D eigenvalue weighted by atomic mass is 10.3. The molecule has 0 aliphatic carbocycles. The second-order valence-electron chi connectivity index (χ2n) is 3.76. The maximum Gasteiger partial charge on any atom is 0.317 e. The molecule has 0 radical (unpaired) electrons. The van der Waals surface area contributed by atoms with E-state index in [2.05, 4.69) is 15.5 Å². The van der Waals surface area contributed by atoms with E-state index in [-0.39, 0.29) is 17.5 Å². The summed E-state index contributed by atoms with van der Waals surface area (Å²) in [7, 11) is 0. The Morgan fingerprint density at radius 1 is 1.58 bits per heavy atom. The van der Waals surface area contributed by atoms with E-state index in [1.54, 1.807) is 6.92 Å². The molecule has 8 heteroatoms. The van der Waals surface area contributed by atoms with Gasteiger partial charge in [0, 0.05) is 6.42 Å². The lowest BCUT2D eigenvalue weighted by molar-refractivity contribution is -0.138. The molecule has 1 amide bonds. The molecular formula is C11H11N3O3S2. The molecule has 2 rings (SSSR count). The second kappa shape index (κ2) is 5.98. The third-order valence-electron chi connectivity index (χ3n) is 2.32. The number of carbonyl (C=O) groups is 2. The van der Waals surface area contributed by atoms with Gasteiger partial charge < -0.3 is 10.4 Å². The molecule has 1 aromatic heterocycles. The number of thioether (sulfide) groups is 1. The van der Waals surface area contributed by atoms with Crippen LogP contribution >= 0.6 is 23.1 Å². The number of amidine groups is 1. The molecule has 1 unspecified atom stereocenters. The maximum absolute atomic E-state index is 11.3. The first-order chi connectivity index (χ1) is 9.06. The molecule has 0 saturated carbocycles. The number of aliphatic carboxylic acids is 1. The number of hydrogen-bond donors (Lipinski definition) is 2. The van der Waals surface area contributed by atoms with Crippen molar-refractivity contribution in [2.45, 2.75) is 18.6 Å². The SMILES string of the molecule is C/C(=N/N=C1/NC(=O)CC(C(=O)O)S1)c1cccs1. The Kier molecular flexibility index (Phi) is 4.33. The van der Waals surface area contributed by atoms with Crippen LogP contribution in [-0.4, -0.2) is 33.1 Å². The topological polar surface area (TPSA) is 91.1 Å². The van der Waals surface area contributed by atoms with Crippen LogP contribution in [0.25, 0.3) is 0 Å². The Bertz CT molecular complexity index is 552. The molecule has 100 valence electrons. The number of nitrogens with one attached hydrogen (secondary N) is 1. The van der Waals surface area contributed by atoms with Gasteiger partial charge in [0.15, 0.2) is 5.17 Å². The molecule has 2 heterocycles. The summed E-state index contributed by atoms with van der Waals surface area (Å²) in [4.78, 5) is 23.2. The van der Waals surface area contributed by atoms with Gasteiger partial charge in [0.1, 0.15) is 5.25 Å². The van der Waals surface area contributed by atoms with E-state index in [0.717, 1.165) is 22.4 Å². The highest BCUT2D eigenvalue weighted by Gasteiger charge is 2.29. The molecule has 0 bridgehead atoms. The summed E-state index contributed by atoms with van der Waals surface area (Å²) in [6.45, 7) is 1.81. The zero-order valence-corrected chi connectivity index (χ0v) is 11.6. The standard InChI is InChI=1S/C11H11N3O3S2/c1-6(7-3-2-4-18-7)13-14-11-12-9(15)5-8(19-11)10(16)17/h2-4,8H,5H2,1H3,(H,16,17)(H,12,14,15)/b13-6-. The molecule has 19 heavy (non-hydrogen) atoms. The number of carbonyl (C=O) groups excluding carboxylic acids is 1. The van der Waals surface area contributed by atoms with Crippen LogP contribution < -0.4 is 5.32 Å². The van der Waals surface area contributed by atoms with Crippen molar-refractivity contribution in [2.75, 3.05) is 0 Å². The highest BCUT2D eigenvalue weighted by Crippen LogP contribution is 2.21. The molecule has 0 spiro atoms. The van der Waals surface area contributed by atoms with Gasteiger partial charge >= 0.3 is 5.97 Å². The fourth-order valence-electron chi connectivity index (χ4n) is 1.38. The second-order valence-corrected chi connectivity index (χ2v) is 5.90. The van der Waals surface area contributed by atoms with Gasteiger partial charge in [0.2, 0.25) is 5.91 Å². The molecule has 1 aliphatic rings. The fraction of sp³-hybridized carbons (Fsp3) is 0.273. The number of carboxylic acids is 1. The van der Waals surface area contributed by atoms with Crippen molar-refractivity contribution in [3.05, 3.63) is 22.4 Å². The molecule has 1 atom stereocenters. The molecule has 1 aromatic rings. The summed E-state index contributed by atoms with van der Waals surface area (Å²) >= 11 is 2.53. The zero-order valence-electron chi connectivity index (χ0n) is 9.99. The minimum Gasteiger partial charge on any atom is -0.480 e. The average Bonchev–Trinajstić information content (AvgIpc) is 2.89. The number of hydrogen-bond acceptors (Lipinski definition) is 6. The van der Waals surface area contributed by atoms with Crippen molar-refractivity contribution in [3.63, 3.8) is 0 Å². The molecule has 0 aromatic carbocycles. The largest absolute Gasteiger partial charge is 0.480 e. The van der Waals surface area contributed by atoms with Crippen molar-refractivity contribution in [1.29, 1.82) is 0 Å². The van der Waals surface area contributed by atoms with Crippen LogP contribution in [0.3, 0.4) is 0 Å². The van der Waals surface area contributed by atoms with E-state index in [4.69, 9.17) is 5.11 Å². The highest BCUT2D eigenvalue weighted by molar-refractivity contribution is 8.15. The van der Waals surface area contributed by atoms with Gasteiger partial charge in [0.25, 0.3) is 0 Å². The Labute approximate surface area is 117 Å². The maximum atomic E-state index is 11.3. The fourth-order valence-corrected chi connectivity index (χ4v) is 2.92. The predicted octanol–water partition coefficient (Wildman–Crippen LogP) is 1.53. The zero-order chi connectivity index (χ0) is 13.8. The molecular weight excluding hydrogens is 286 g/mol. The number of nitrogens with zero attached hydrogens (tertiary/aromatic N) is 2. The molecule has 1 aliphatic heterocycles. The minimum absolute atomic E-state index is 0.0490. The van der Waals surface area contributed by atoms with Crippen molar-refractivity contribution < 1.29 is 14.7 Å². The normalized spacial score (nSPS) is 22.4. The third kappa shape index (κ3) is 3.65. The van der Waals surface area contributed by atoms with E-state index < -0.39 is 11.2 Å². The van der Waals surface area contributed by atoms with Crippen LogP contribution in [0.15, 0.2) is 27.7 Å². The number of amides is 1. The van der Waals surface area contributed by atoms with Crippen LogP contribution in [0.1, 0.15) is 18.2 Å². The summed E-state index contributed by atoms with van der Waals surface area (Å²) in [5.41, 5.74) is 0.717. The summed E-state index contributed by atoms with van der Waals surface area (Å²) in [6.07, 6.45) is -0.0490. The number of rotatable bonds is 3. The molecule has 1 fully saturated rings. The van der Waals surface area contributed by atoms with Crippen LogP contribution in [0, 0.1) is 0 Å². The van der Waals surface area contributed by atoms with Crippen LogP contribution in [0.5, 0.6) is 0 Å². The first kappa shape index (κ1) is 13.8. The van der Waals surface area contributed by atoms with Gasteiger partial charge in [-0.1, -0.05) is 17.8 Å². The van der Waals surface area contributed by atoms with Crippen molar-refractivity contribution in [2.24, 2.45) is 10.2 Å². The quantitative estimate of drug-likeness (QED) is 0.654. The first-order valence-electron chi connectivity index (χ1n) is 5.41. The van der Waals surface area contributed by atoms with E-state index in [1.807, 2.05) is 17.5 Å². The predicted molar refractivity (Wildman–Crippen MR) is 75.7 cm³/mol. The van der Waals surface area contributed by atoms with Gasteiger partial charge in [0.05, 0.1) is 10.6 Å². The average molecular weight is 297 g/mol. The Morgan fingerprint density at radius 2 is 2.37 bits per heavy atom. The first-order valence-corrected chi connectivity index (χ1v) is 7.17. The summed E-state index contributed by atoms with van der Waals surface area (Å²) in [6, 6.07) is 3.82. The minimum atomic E-state index is -1.02. The van der Waals surface area contributed by atoms with Gasteiger partial charge in [-0.15, -0.1) is 16.4 Å². The van der Waals surface area contributed by atoms with E-state index in [0.29, 0.717) is 0 Å². The van der Waals surface area contributed by atoms with E-state index in [9.17, 15) is 9.59 Å². The molecule has 6 nitrogen and oxygen atoms in total. The summed E-state index contributed by atoms with van der Waals surface area (Å²) < 4.78 is 0. The molecule has 2 N–H and O–H groups in total. The monoisotopic (exact) mass is 297 g/mol. The van der Waals surface area contributed by atoms with Crippen molar-refractivity contribution in [1.82, 2.24) is 5.32 Å². The van der Waals surface area contributed by atoms with Gasteiger partial charge in [-0.25, -0.2) is 0 Å². The Hall–Kier alpha value is -1.67. The van der Waals surface area contributed by atoms with Gasteiger partial charge in [-0.3, -0.25) is 9.59 Å². The Balaban J connectivity index is 2.12. The highest BCUT2D eigenvalue weighted by atomic mass is 32.2. The summed E-state index contributed by atoms with van der Waals surface area (Å²) in [5, 5.41) is 20.7. The number of thiophene rings is 1. The third-order valence-corrected chi connectivity index (χ3v) is 4.35. The number of carboxylic acid groups (broad SMARTS) is 1. The lowest BCUT2D eigenvalue weighted by Crippen LogP contribution is -2.40. The Morgan fingerprint density at radius 3 is 3.00 bits per heavy atom. The van der Waals surface area contributed by atoms with Crippen molar-refractivity contribution in [3.8, 4) is 0 Å². The van der Waals surface area contributed by atoms with Gasteiger partial charge in [-0.2, -0.15) is 5.10 Å². The van der Waals surface area contributed by atoms with Crippen LogP contribution in [0.2, 0.25) is 0 Å². The molecule has 1 saturated heterocycles. The van der Waals surface area contributed by atoms with E-state index >= 15 is 0 Å². The van der Waals surface area contributed by atoms with E-state index in [1.165, 1.54) is 11.3 Å². The van der Waals surface area contributed by atoms with Crippen LogP contribution in [-0.2, 0) is 9.59 Å². The smallest absolute Gasteiger partial charge is 0.317 e. The van der Waals surface area contributed by atoms with Crippen molar-refractivity contribution >= 4 is 45.9 Å².